The lowest BCUT2D eigenvalue weighted by atomic mass is 10.2. The molecule has 1 saturated carbocycles. The quantitative estimate of drug-likeness (QED) is 0.813. The van der Waals surface area contributed by atoms with E-state index in [-0.39, 0.29) is 5.69 Å². The molecule has 2 heterocycles. The molecule has 0 spiro atoms. The first-order valence-electron chi connectivity index (χ1n) is 5.12. The molecule has 2 aromatic rings. The summed E-state index contributed by atoms with van der Waals surface area (Å²) in [5, 5.41) is 17.0. The first-order valence-corrected chi connectivity index (χ1v) is 5.12. The average Bonchev–Trinajstić information content (AvgIpc) is 2.98. The van der Waals surface area contributed by atoms with Gasteiger partial charge in [0.2, 0.25) is 0 Å². The topological polar surface area (TPSA) is 80.4 Å². The van der Waals surface area contributed by atoms with E-state index in [1.165, 1.54) is 4.52 Å². The number of aryl methyl sites for hydroxylation is 1. The van der Waals surface area contributed by atoms with E-state index < -0.39 is 5.97 Å². The number of rotatable bonds is 2. The highest BCUT2D eigenvalue weighted by Crippen LogP contribution is 2.40. The Labute approximate surface area is 90.9 Å². The Balaban J connectivity index is 2.31. The predicted octanol–water partition coefficient (Wildman–Crippen LogP) is 1.01. The van der Waals surface area contributed by atoms with Crippen LogP contribution in [0.15, 0.2) is 6.20 Å². The van der Waals surface area contributed by atoms with E-state index in [0.717, 1.165) is 18.5 Å². The highest BCUT2D eigenvalue weighted by Gasteiger charge is 2.30. The summed E-state index contributed by atoms with van der Waals surface area (Å²) in [6, 6.07) is 0. The zero-order valence-corrected chi connectivity index (χ0v) is 8.71. The minimum atomic E-state index is -1.00. The van der Waals surface area contributed by atoms with Crippen LogP contribution < -0.4 is 0 Å². The van der Waals surface area contributed by atoms with Gasteiger partial charge in [-0.15, -0.1) is 5.10 Å². The largest absolute Gasteiger partial charge is 0.476 e. The molecular formula is C10H10N4O2. The van der Waals surface area contributed by atoms with Gasteiger partial charge >= 0.3 is 5.97 Å². The van der Waals surface area contributed by atoms with Crippen LogP contribution in [-0.2, 0) is 0 Å². The molecule has 82 valence electrons. The van der Waals surface area contributed by atoms with Crippen molar-refractivity contribution in [3.8, 4) is 0 Å². The van der Waals surface area contributed by atoms with Gasteiger partial charge in [0.25, 0.3) is 0 Å². The van der Waals surface area contributed by atoms with E-state index in [0.29, 0.717) is 17.1 Å². The standard InChI is InChI=1S/C10H10N4O2/c1-5-4-11-9-7(6-2-3-6)12-13-14(9)8(5)10(15)16/h4,6H,2-3H2,1H3,(H,15,16). The molecule has 0 unspecified atom stereocenters. The molecule has 0 atom stereocenters. The Morgan fingerprint density at radius 3 is 2.94 bits per heavy atom. The molecule has 6 nitrogen and oxygen atoms in total. The molecule has 0 aliphatic heterocycles. The van der Waals surface area contributed by atoms with Crippen LogP contribution in [0.2, 0.25) is 0 Å². The molecule has 1 N–H and O–H groups in total. The lowest BCUT2D eigenvalue weighted by molar-refractivity contribution is 0.0686. The Bertz CT molecular complexity index is 586. The third kappa shape index (κ3) is 1.19. The van der Waals surface area contributed by atoms with E-state index in [2.05, 4.69) is 15.3 Å². The van der Waals surface area contributed by atoms with Gasteiger partial charge < -0.3 is 5.11 Å². The summed E-state index contributed by atoms with van der Waals surface area (Å²) in [5.74, 6) is -0.591. The summed E-state index contributed by atoms with van der Waals surface area (Å²) in [4.78, 5) is 15.3. The van der Waals surface area contributed by atoms with Crippen molar-refractivity contribution in [2.24, 2.45) is 0 Å². The number of nitrogens with zero attached hydrogens (tertiary/aromatic N) is 4. The second-order valence-electron chi connectivity index (χ2n) is 4.08. The number of fused-ring (bicyclic) bond motifs is 1. The fourth-order valence-corrected chi connectivity index (χ4v) is 1.83. The first-order chi connectivity index (χ1) is 7.68. The summed E-state index contributed by atoms with van der Waals surface area (Å²) in [6.45, 7) is 1.70. The lowest BCUT2D eigenvalue weighted by Crippen LogP contribution is -2.10. The predicted molar refractivity (Wildman–Crippen MR) is 54.5 cm³/mol. The van der Waals surface area contributed by atoms with Gasteiger partial charge in [-0.25, -0.2) is 9.78 Å². The molecule has 1 fully saturated rings. The monoisotopic (exact) mass is 218 g/mol. The Kier molecular flexibility index (Phi) is 1.74. The van der Waals surface area contributed by atoms with Crippen LogP contribution in [0.4, 0.5) is 0 Å². The molecule has 2 aromatic heterocycles. The van der Waals surface area contributed by atoms with Gasteiger partial charge in [0.05, 0.1) is 0 Å². The SMILES string of the molecule is Cc1cnc2c(C3CC3)nnn2c1C(=O)O. The van der Waals surface area contributed by atoms with Crippen LogP contribution in [0.5, 0.6) is 0 Å². The third-order valence-corrected chi connectivity index (χ3v) is 2.80. The van der Waals surface area contributed by atoms with Crippen molar-refractivity contribution in [1.29, 1.82) is 0 Å². The van der Waals surface area contributed by atoms with Gasteiger partial charge in [0.15, 0.2) is 11.3 Å². The average molecular weight is 218 g/mol. The Hall–Kier alpha value is -1.98. The second kappa shape index (κ2) is 3.01. The molecule has 0 amide bonds. The van der Waals surface area contributed by atoms with Crippen molar-refractivity contribution >= 4 is 11.6 Å². The lowest BCUT2D eigenvalue weighted by Gasteiger charge is -2.02. The van der Waals surface area contributed by atoms with E-state index in [4.69, 9.17) is 5.11 Å². The normalized spacial score (nSPS) is 15.6. The van der Waals surface area contributed by atoms with Gasteiger partial charge in [-0.05, 0) is 19.8 Å². The van der Waals surface area contributed by atoms with E-state index in [9.17, 15) is 4.79 Å². The summed E-state index contributed by atoms with van der Waals surface area (Å²) >= 11 is 0. The van der Waals surface area contributed by atoms with Gasteiger partial charge in [-0.2, -0.15) is 4.52 Å². The minimum Gasteiger partial charge on any atom is -0.476 e. The number of aromatic nitrogens is 4. The molecule has 3 rings (SSSR count). The van der Waals surface area contributed by atoms with E-state index in [1.54, 1.807) is 13.1 Å². The highest BCUT2D eigenvalue weighted by molar-refractivity contribution is 5.87. The van der Waals surface area contributed by atoms with Crippen LogP contribution in [0, 0.1) is 6.92 Å². The fourth-order valence-electron chi connectivity index (χ4n) is 1.83. The Morgan fingerprint density at radius 1 is 1.56 bits per heavy atom. The van der Waals surface area contributed by atoms with Crippen LogP contribution in [0.25, 0.3) is 5.65 Å². The molecule has 1 aliphatic carbocycles. The molecular weight excluding hydrogens is 208 g/mol. The summed E-state index contributed by atoms with van der Waals surface area (Å²) < 4.78 is 1.32. The van der Waals surface area contributed by atoms with Crippen molar-refractivity contribution in [3.05, 3.63) is 23.1 Å². The molecule has 16 heavy (non-hydrogen) atoms. The summed E-state index contributed by atoms with van der Waals surface area (Å²) in [5.41, 5.74) is 2.13. The van der Waals surface area contributed by atoms with Crippen molar-refractivity contribution in [3.63, 3.8) is 0 Å². The zero-order chi connectivity index (χ0) is 11.3. The highest BCUT2D eigenvalue weighted by atomic mass is 16.4. The maximum absolute atomic E-state index is 11.1. The van der Waals surface area contributed by atoms with E-state index in [1.807, 2.05) is 0 Å². The number of hydrogen-bond acceptors (Lipinski definition) is 4. The van der Waals surface area contributed by atoms with Gasteiger partial charge in [0.1, 0.15) is 5.69 Å². The van der Waals surface area contributed by atoms with Gasteiger partial charge in [-0.1, -0.05) is 5.21 Å². The molecule has 0 aromatic carbocycles. The molecule has 1 aliphatic rings. The van der Waals surface area contributed by atoms with E-state index >= 15 is 0 Å². The van der Waals surface area contributed by atoms with Crippen LogP contribution in [-0.4, -0.2) is 30.9 Å². The first kappa shape index (κ1) is 9.26. The molecule has 0 saturated heterocycles. The molecule has 6 heteroatoms. The van der Waals surface area contributed by atoms with Crippen LogP contribution >= 0.6 is 0 Å². The molecule has 0 bridgehead atoms. The maximum Gasteiger partial charge on any atom is 0.355 e. The van der Waals surface area contributed by atoms with Gasteiger partial charge in [0, 0.05) is 17.7 Å². The smallest absolute Gasteiger partial charge is 0.355 e. The number of carboxylic acid groups (broad SMARTS) is 1. The summed E-state index contributed by atoms with van der Waals surface area (Å²) in [6.07, 6.45) is 3.74. The van der Waals surface area contributed by atoms with Crippen LogP contribution in [0.3, 0.4) is 0 Å². The second-order valence-corrected chi connectivity index (χ2v) is 4.08. The fraction of sp³-hybridized carbons (Fsp3) is 0.400. The van der Waals surface area contributed by atoms with Gasteiger partial charge in [-0.3, -0.25) is 0 Å². The van der Waals surface area contributed by atoms with Crippen molar-refractivity contribution in [2.75, 3.05) is 0 Å². The number of aromatic carboxylic acids is 1. The van der Waals surface area contributed by atoms with Crippen molar-refractivity contribution < 1.29 is 9.90 Å². The van der Waals surface area contributed by atoms with Crippen molar-refractivity contribution in [2.45, 2.75) is 25.7 Å². The number of carboxylic acids is 1. The molecule has 0 radical (unpaired) electrons. The zero-order valence-electron chi connectivity index (χ0n) is 8.71. The number of hydrogen-bond donors (Lipinski definition) is 1. The minimum absolute atomic E-state index is 0.143. The van der Waals surface area contributed by atoms with Crippen LogP contribution in [0.1, 0.15) is 40.5 Å². The Morgan fingerprint density at radius 2 is 2.31 bits per heavy atom. The summed E-state index contributed by atoms with van der Waals surface area (Å²) in [7, 11) is 0. The van der Waals surface area contributed by atoms with Crippen molar-refractivity contribution in [1.82, 2.24) is 19.8 Å². The maximum atomic E-state index is 11.1. The third-order valence-electron chi connectivity index (χ3n) is 2.80. The number of carbonyl (C=O) groups is 1.